The number of carboxylic acid groups (broad SMARTS) is 1. The van der Waals surface area contributed by atoms with Crippen molar-refractivity contribution in [2.24, 2.45) is 5.92 Å². The molecule has 1 N–H and O–H groups in total. The van der Waals surface area contributed by atoms with Crippen molar-refractivity contribution in [3.63, 3.8) is 0 Å². The Balaban J connectivity index is 2.26. The molecule has 0 radical (unpaired) electrons. The molecule has 1 fully saturated rings. The first-order valence-corrected chi connectivity index (χ1v) is 6.08. The molecule has 2 atom stereocenters. The minimum atomic E-state index is -0.678. The normalized spacial score (nSPS) is 24.2. The number of hydrogen-bond donors (Lipinski definition) is 1. The summed E-state index contributed by atoms with van der Waals surface area (Å²) in [6, 6.07) is 0. The number of aliphatic carboxylic acids is 1. The standard InChI is InChI=1S/C12H23NO3/c1-10(16-2)8-13-7-3-4-11(9-13)5-6-12(14)15/h10-11H,3-9H2,1-2H3,(H,14,15). The third-order valence-electron chi connectivity index (χ3n) is 3.29. The molecule has 2 unspecified atom stereocenters. The second-order valence-electron chi connectivity index (χ2n) is 4.75. The first-order valence-electron chi connectivity index (χ1n) is 6.08. The van der Waals surface area contributed by atoms with E-state index in [1.165, 1.54) is 12.8 Å². The molecule has 0 bridgehead atoms. The fourth-order valence-corrected chi connectivity index (χ4v) is 2.32. The summed E-state index contributed by atoms with van der Waals surface area (Å²) in [7, 11) is 1.73. The number of carbonyl (C=O) groups is 1. The number of nitrogens with zero attached hydrogens (tertiary/aromatic N) is 1. The molecule has 1 aliphatic rings. The van der Waals surface area contributed by atoms with Gasteiger partial charge in [-0.15, -0.1) is 0 Å². The van der Waals surface area contributed by atoms with Crippen LogP contribution in [0.25, 0.3) is 0 Å². The average molecular weight is 229 g/mol. The smallest absolute Gasteiger partial charge is 0.303 e. The van der Waals surface area contributed by atoms with Crippen LogP contribution >= 0.6 is 0 Å². The molecular weight excluding hydrogens is 206 g/mol. The van der Waals surface area contributed by atoms with Crippen molar-refractivity contribution in [3.05, 3.63) is 0 Å². The fourth-order valence-electron chi connectivity index (χ4n) is 2.32. The van der Waals surface area contributed by atoms with Crippen molar-refractivity contribution in [2.75, 3.05) is 26.7 Å². The van der Waals surface area contributed by atoms with Crippen molar-refractivity contribution >= 4 is 5.97 Å². The van der Waals surface area contributed by atoms with Crippen molar-refractivity contribution in [1.82, 2.24) is 4.90 Å². The molecule has 0 aliphatic carbocycles. The lowest BCUT2D eigenvalue weighted by atomic mass is 9.93. The molecule has 1 rings (SSSR count). The molecule has 0 aromatic rings. The molecule has 16 heavy (non-hydrogen) atoms. The molecule has 1 aliphatic heterocycles. The Bertz CT molecular complexity index is 220. The Morgan fingerprint density at radius 1 is 1.62 bits per heavy atom. The molecule has 1 heterocycles. The third kappa shape index (κ3) is 4.94. The number of piperidine rings is 1. The maximum Gasteiger partial charge on any atom is 0.303 e. The Morgan fingerprint density at radius 3 is 3.00 bits per heavy atom. The average Bonchev–Trinajstić information content (AvgIpc) is 2.26. The van der Waals surface area contributed by atoms with E-state index < -0.39 is 5.97 Å². The predicted molar refractivity (Wildman–Crippen MR) is 62.5 cm³/mol. The monoisotopic (exact) mass is 229 g/mol. The summed E-state index contributed by atoms with van der Waals surface area (Å²) in [5.41, 5.74) is 0. The van der Waals surface area contributed by atoms with E-state index in [0.717, 1.165) is 26.1 Å². The molecule has 4 nitrogen and oxygen atoms in total. The SMILES string of the molecule is COC(C)CN1CCCC(CCC(=O)O)C1. The van der Waals surface area contributed by atoms with Gasteiger partial charge in [0, 0.05) is 26.6 Å². The lowest BCUT2D eigenvalue weighted by Crippen LogP contribution is -2.40. The summed E-state index contributed by atoms with van der Waals surface area (Å²) in [5.74, 6) is -0.128. The topological polar surface area (TPSA) is 49.8 Å². The van der Waals surface area contributed by atoms with Gasteiger partial charge in [-0.25, -0.2) is 0 Å². The van der Waals surface area contributed by atoms with E-state index in [2.05, 4.69) is 11.8 Å². The van der Waals surface area contributed by atoms with Gasteiger partial charge < -0.3 is 14.7 Å². The largest absolute Gasteiger partial charge is 0.481 e. The van der Waals surface area contributed by atoms with Crippen molar-refractivity contribution < 1.29 is 14.6 Å². The van der Waals surface area contributed by atoms with Crippen LogP contribution in [0.4, 0.5) is 0 Å². The Morgan fingerprint density at radius 2 is 2.38 bits per heavy atom. The second-order valence-corrected chi connectivity index (χ2v) is 4.75. The van der Waals surface area contributed by atoms with E-state index in [4.69, 9.17) is 9.84 Å². The van der Waals surface area contributed by atoms with Gasteiger partial charge in [-0.05, 0) is 38.6 Å². The van der Waals surface area contributed by atoms with Gasteiger partial charge in [-0.2, -0.15) is 0 Å². The summed E-state index contributed by atoms with van der Waals surface area (Å²) in [6.45, 7) is 5.18. The quantitative estimate of drug-likeness (QED) is 0.751. The van der Waals surface area contributed by atoms with Gasteiger partial charge in [0.2, 0.25) is 0 Å². The minimum Gasteiger partial charge on any atom is -0.481 e. The van der Waals surface area contributed by atoms with Gasteiger partial charge in [0.15, 0.2) is 0 Å². The summed E-state index contributed by atoms with van der Waals surface area (Å²) in [6.07, 6.45) is 3.73. The van der Waals surface area contributed by atoms with Gasteiger partial charge in [0.05, 0.1) is 6.10 Å². The van der Waals surface area contributed by atoms with Gasteiger partial charge in [-0.3, -0.25) is 4.79 Å². The zero-order valence-corrected chi connectivity index (χ0v) is 10.3. The number of hydrogen-bond acceptors (Lipinski definition) is 3. The molecule has 0 saturated carbocycles. The van der Waals surface area contributed by atoms with E-state index >= 15 is 0 Å². The highest BCUT2D eigenvalue weighted by atomic mass is 16.5. The number of rotatable bonds is 6. The van der Waals surface area contributed by atoms with Crippen molar-refractivity contribution in [2.45, 2.75) is 38.7 Å². The van der Waals surface area contributed by atoms with Crippen LogP contribution in [0.15, 0.2) is 0 Å². The van der Waals surface area contributed by atoms with Gasteiger partial charge in [0.1, 0.15) is 0 Å². The number of carboxylic acids is 1. The maximum absolute atomic E-state index is 10.5. The fraction of sp³-hybridized carbons (Fsp3) is 0.917. The summed E-state index contributed by atoms with van der Waals surface area (Å²) >= 11 is 0. The van der Waals surface area contributed by atoms with Crippen LogP contribution in [0.3, 0.4) is 0 Å². The summed E-state index contributed by atoms with van der Waals surface area (Å²) in [5, 5.41) is 8.66. The molecule has 94 valence electrons. The van der Waals surface area contributed by atoms with Crippen LogP contribution in [0.5, 0.6) is 0 Å². The Kier molecular flexibility index (Phi) is 5.77. The van der Waals surface area contributed by atoms with Gasteiger partial charge in [0.25, 0.3) is 0 Å². The first kappa shape index (κ1) is 13.5. The number of ether oxygens (including phenoxy) is 1. The number of methoxy groups -OCH3 is 1. The van der Waals surface area contributed by atoms with Gasteiger partial charge in [-0.1, -0.05) is 0 Å². The van der Waals surface area contributed by atoms with Crippen molar-refractivity contribution in [1.29, 1.82) is 0 Å². The zero-order chi connectivity index (χ0) is 12.0. The van der Waals surface area contributed by atoms with E-state index in [-0.39, 0.29) is 6.10 Å². The van der Waals surface area contributed by atoms with Crippen LogP contribution < -0.4 is 0 Å². The molecule has 0 aromatic heterocycles. The van der Waals surface area contributed by atoms with Crippen LogP contribution in [0.1, 0.15) is 32.6 Å². The van der Waals surface area contributed by atoms with E-state index in [1.807, 2.05) is 0 Å². The van der Waals surface area contributed by atoms with E-state index in [9.17, 15) is 4.79 Å². The van der Waals surface area contributed by atoms with Crippen LogP contribution in [-0.4, -0.2) is 48.8 Å². The van der Waals surface area contributed by atoms with Crippen LogP contribution in [-0.2, 0) is 9.53 Å². The minimum absolute atomic E-state index is 0.262. The molecule has 0 spiro atoms. The summed E-state index contributed by atoms with van der Waals surface area (Å²) in [4.78, 5) is 12.9. The van der Waals surface area contributed by atoms with E-state index in [0.29, 0.717) is 12.3 Å². The molecular formula is C12H23NO3. The predicted octanol–water partition coefficient (Wildman–Crippen LogP) is 1.60. The van der Waals surface area contributed by atoms with Crippen molar-refractivity contribution in [3.8, 4) is 0 Å². The lowest BCUT2D eigenvalue weighted by Gasteiger charge is -2.33. The zero-order valence-electron chi connectivity index (χ0n) is 10.3. The Hall–Kier alpha value is -0.610. The van der Waals surface area contributed by atoms with Crippen LogP contribution in [0.2, 0.25) is 0 Å². The summed E-state index contributed by atoms with van der Waals surface area (Å²) < 4.78 is 5.25. The third-order valence-corrected chi connectivity index (χ3v) is 3.29. The van der Waals surface area contributed by atoms with Crippen LogP contribution in [0, 0.1) is 5.92 Å². The highest BCUT2D eigenvalue weighted by molar-refractivity contribution is 5.66. The maximum atomic E-state index is 10.5. The Labute approximate surface area is 97.6 Å². The first-order chi connectivity index (χ1) is 7.61. The molecule has 0 amide bonds. The van der Waals surface area contributed by atoms with E-state index in [1.54, 1.807) is 7.11 Å². The highest BCUT2D eigenvalue weighted by Gasteiger charge is 2.21. The molecule has 4 heteroatoms. The molecule has 1 saturated heterocycles. The molecule has 0 aromatic carbocycles. The highest BCUT2D eigenvalue weighted by Crippen LogP contribution is 2.21. The lowest BCUT2D eigenvalue weighted by molar-refractivity contribution is -0.137. The second kappa shape index (κ2) is 6.86. The van der Waals surface area contributed by atoms with Gasteiger partial charge >= 0.3 is 5.97 Å². The number of likely N-dealkylation sites (tertiary alicyclic amines) is 1.